The molecular formula is C16H18N6O2. The minimum atomic E-state index is -0.168. The van der Waals surface area contributed by atoms with E-state index >= 15 is 0 Å². The average molecular weight is 326 g/mol. The van der Waals surface area contributed by atoms with Gasteiger partial charge in [0.05, 0.1) is 6.20 Å². The number of rotatable bonds is 2. The van der Waals surface area contributed by atoms with Gasteiger partial charge in [-0.2, -0.15) is 10.1 Å². The van der Waals surface area contributed by atoms with Gasteiger partial charge < -0.3 is 14.9 Å². The number of nitrogens with one attached hydrogen (secondary N) is 1. The van der Waals surface area contributed by atoms with E-state index in [1.807, 2.05) is 12.1 Å². The smallest absolute Gasteiger partial charge is 0.263 e. The summed E-state index contributed by atoms with van der Waals surface area (Å²) in [5.74, 6) is 0.842. The number of aryl methyl sites for hydroxylation is 1. The van der Waals surface area contributed by atoms with Crippen molar-refractivity contribution in [2.45, 2.75) is 0 Å². The number of hydrogen-bond donors (Lipinski definition) is 2. The summed E-state index contributed by atoms with van der Waals surface area (Å²) in [5.41, 5.74) is 1.42. The lowest BCUT2D eigenvalue weighted by molar-refractivity contribution is 0.475. The minimum absolute atomic E-state index is 0.168. The highest BCUT2D eigenvalue weighted by Gasteiger charge is 2.20. The predicted molar refractivity (Wildman–Crippen MR) is 91.7 cm³/mol. The summed E-state index contributed by atoms with van der Waals surface area (Å²) in [4.78, 5) is 23.8. The van der Waals surface area contributed by atoms with Gasteiger partial charge in [-0.05, 0) is 12.1 Å². The Hall–Kier alpha value is -3.03. The van der Waals surface area contributed by atoms with Crippen molar-refractivity contribution < 1.29 is 5.11 Å². The second-order valence-electron chi connectivity index (χ2n) is 5.89. The first-order valence-corrected chi connectivity index (χ1v) is 7.83. The van der Waals surface area contributed by atoms with Crippen LogP contribution in [0.2, 0.25) is 0 Å². The molecule has 8 nitrogen and oxygen atoms in total. The summed E-state index contributed by atoms with van der Waals surface area (Å²) in [7, 11) is 1.78. The van der Waals surface area contributed by atoms with Gasteiger partial charge in [-0.1, -0.05) is 6.07 Å². The largest absolute Gasteiger partial charge is 0.508 e. The van der Waals surface area contributed by atoms with Gasteiger partial charge >= 0.3 is 0 Å². The van der Waals surface area contributed by atoms with Crippen LogP contribution in [0.3, 0.4) is 0 Å². The molecular weight excluding hydrogens is 308 g/mol. The first kappa shape index (κ1) is 14.6. The number of anilines is 2. The van der Waals surface area contributed by atoms with Crippen LogP contribution in [0, 0.1) is 0 Å². The Labute approximate surface area is 138 Å². The molecule has 0 radical (unpaired) electrons. The first-order chi connectivity index (χ1) is 11.6. The molecule has 2 N–H and O–H groups in total. The Morgan fingerprint density at radius 3 is 2.67 bits per heavy atom. The Morgan fingerprint density at radius 1 is 1.17 bits per heavy atom. The molecule has 1 aliphatic heterocycles. The van der Waals surface area contributed by atoms with Crippen LogP contribution in [-0.2, 0) is 7.05 Å². The molecule has 4 rings (SSSR count). The molecule has 2 aromatic heterocycles. The number of H-pyrrole nitrogens is 1. The first-order valence-electron chi connectivity index (χ1n) is 7.83. The van der Waals surface area contributed by atoms with Gasteiger partial charge in [0.1, 0.15) is 11.1 Å². The maximum atomic E-state index is 12.2. The highest BCUT2D eigenvalue weighted by Crippen LogP contribution is 2.22. The molecule has 0 spiro atoms. The van der Waals surface area contributed by atoms with Crippen LogP contribution in [0.4, 0.5) is 11.6 Å². The monoisotopic (exact) mass is 326 g/mol. The molecule has 24 heavy (non-hydrogen) atoms. The Bertz CT molecular complexity index is 939. The van der Waals surface area contributed by atoms with E-state index in [1.165, 1.54) is 6.20 Å². The maximum Gasteiger partial charge on any atom is 0.263 e. The van der Waals surface area contributed by atoms with E-state index in [0.717, 1.165) is 31.9 Å². The molecule has 0 saturated carbocycles. The van der Waals surface area contributed by atoms with Crippen LogP contribution < -0.4 is 15.4 Å². The predicted octanol–water partition coefficient (Wildman–Crippen LogP) is 0.689. The van der Waals surface area contributed by atoms with E-state index in [4.69, 9.17) is 0 Å². The fourth-order valence-corrected chi connectivity index (χ4v) is 3.04. The number of piperazine rings is 1. The molecule has 3 aromatic rings. The van der Waals surface area contributed by atoms with Crippen LogP contribution in [-0.4, -0.2) is 51.0 Å². The van der Waals surface area contributed by atoms with Crippen molar-refractivity contribution in [3.8, 4) is 5.75 Å². The third-order valence-electron chi connectivity index (χ3n) is 4.36. The second-order valence-corrected chi connectivity index (χ2v) is 5.89. The standard InChI is InChI=1S/C16H18N6O2/c1-20-14-13(10-17-20)15(24)19-16(18-14)22-7-5-21(6-8-22)11-3-2-4-12(23)9-11/h2-4,9-10,23H,5-8H2,1H3,(H,18,19,24). The highest BCUT2D eigenvalue weighted by atomic mass is 16.3. The number of hydrogen-bond acceptors (Lipinski definition) is 6. The maximum absolute atomic E-state index is 12.2. The van der Waals surface area contributed by atoms with Gasteiger partial charge in [0.25, 0.3) is 5.56 Å². The molecule has 1 aliphatic rings. The number of aromatic hydroxyl groups is 1. The van der Waals surface area contributed by atoms with Crippen LogP contribution in [0.25, 0.3) is 11.0 Å². The van der Waals surface area contributed by atoms with E-state index in [0.29, 0.717) is 17.0 Å². The summed E-state index contributed by atoms with van der Waals surface area (Å²) >= 11 is 0. The van der Waals surface area contributed by atoms with Crippen LogP contribution >= 0.6 is 0 Å². The van der Waals surface area contributed by atoms with Crippen LogP contribution in [0.15, 0.2) is 35.3 Å². The van der Waals surface area contributed by atoms with Crippen LogP contribution in [0.5, 0.6) is 5.75 Å². The van der Waals surface area contributed by atoms with Gasteiger partial charge in [-0.25, -0.2) is 0 Å². The second kappa shape index (κ2) is 5.55. The minimum Gasteiger partial charge on any atom is -0.508 e. The molecule has 124 valence electrons. The molecule has 0 aliphatic carbocycles. The zero-order valence-electron chi connectivity index (χ0n) is 13.3. The summed E-state index contributed by atoms with van der Waals surface area (Å²) in [5, 5.41) is 14.2. The van der Waals surface area contributed by atoms with Gasteiger partial charge in [0.2, 0.25) is 5.95 Å². The molecule has 0 amide bonds. The van der Waals surface area contributed by atoms with E-state index in [-0.39, 0.29) is 11.3 Å². The van der Waals surface area contributed by atoms with Crippen molar-refractivity contribution >= 4 is 22.7 Å². The number of benzene rings is 1. The van der Waals surface area contributed by atoms with Crippen molar-refractivity contribution in [3.05, 3.63) is 40.8 Å². The van der Waals surface area contributed by atoms with E-state index in [1.54, 1.807) is 23.9 Å². The number of aromatic amines is 1. The number of phenols is 1. The van der Waals surface area contributed by atoms with Crippen LogP contribution in [0.1, 0.15) is 0 Å². The van der Waals surface area contributed by atoms with Gasteiger partial charge in [0, 0.05) is 45.0 Å². The van der Waals surface area contributed by atoms with Crippen molar-refractivity contribution in [1.82, 2.24) is 19.7 Å². The van der Waals surface area contributed by atoms with E-state index in [2.05, 4.69) is 24.9 Å². The summed E-state index contributed by atoms with van der Waals surface area (Å²) in [6, 6.07) is 7.25. The Morgan fingerprint density at radius 2 is 1.92 bits per heavy atom. The van der Waals surface area contributed by atoms with Crippen molar-refractivity contribution in [3.63, 3.8) is 0 Å². The number of fused-ring (bicyclic) bond motifs is 1. The molecule has 3 heterocycles. The normalized spacial score (nSPS) is 15.2. The van der Waals surface area contributed by atoms with Gasteiger partial charge in [-0.15, -0.1) is 0 Å². The number of nitrogens with zero attached hydrogens (tertiary/aromatic N) is 5. The van der Waals surface area contributed by atoms with Crippen molar-refractivity contribution in [2.75, 3.05) is 36.0 Å². The molecule has 1 fully saturated rings. The molecule has 1 aromatic carbocycles. The van der Waals surface area contributed by atoms with E-state index in [9.17, 15) is 9.90 Å². The lowest BCUT2D eigenvalue weighted by atomic mass is 10.2. The summed E-state index contributed by atoms with van der Waals surface area (Å²) in [6.45, 7) is 3.05. The van der Waals surface area contributed by atoms with Gasteiger partial charge in [0.15, 0.2) is 5.65 Å². The Balaban J connectivity index is 1.56. The molecule has 1 saturated heterocycles. The fraction of sp³-hybridized carbons (Fsp3) is 0.312. The summed E-state index contributed by atoms with van der Waals surface area (Å²) < 4.78 is 1.61. The molecule has 8 heteroatoms. The van der Waals surface area contributed by atoms with Crippen molar-refractivity contribution in [1.29, 1.82) is 0 Å². The zero-order chi connectivity index (χ0) is 16.7. The molecule has 0 unspecified atom stereocenters. The zero-order valence-corrected chi connectivity index (χ0v) is 13.3. The third-order valence-corrected chi connectivity index (χ3v) is 4.36. The average Bonchev–Trinajstić information content (AvgIpc) is 2.97. The summed E-state index contributed by atoms with van der Waals surface area (Å²) in [6.07, 6.45) is 1.53. The topological polar surface area (TPSA) is 90.3 Å². The fourth-order valence-electron chi connectivity index (χ4n) is 3.04. The molecule has 0 atom stereocenters. The number of phenolic OH excluding ortho intramolecular Hbond substituents is 1. The Kier molecular flexibility index (Phi) is 3.37. The highest BCUT2D eigenvalue weighted by molar-refractivity contribution is 5.74. The lowest BCUT2D eigenvalue weighted by Crippen LogP contribution is -2.47. The SMILES string of the molecule is Cn1ncc2c(=O)[nH]c(N3CCN(c4cccc(O)c4)CC3)nc21. The lowest BCUT2D eigenvalue weighted by Gasteiger charge is -2.36. The quantitative estimate of drug-likeness (QED) is 0.720. The third kappa shape index (κ3) is 2.45. The van der Waals surface area contributed by atoms with Crippen molar-refractivity contribution in [2.24, 2.45) is 7.05 Å². The van der Waals surface area contributed by atoms with Gasteiger partial charge in [-0.3, -0.25) is 14.5 Å². The van der Waals surface area contributed by atoms with E-state index < -0.39 is 0 Å². The molecule has 0 bridgehead atoms. The number of aromatic nitrogens is 4.